The van der Waals surface area contributed by atoms with Crippen molar-refractivity contribution in [1.29, 1.82) is 0 Å². The maximum Gasteiger partial charge on any atom is 4.00 e. The predicted octanol–water partition coefficient (Wildman–Crippen LogP) is -2.19. The zero-order valence-corrected chi connectivity index (χ0v) is 7.73. The van der Waals surface area contributed by atoms with Crippen LogP contribution in [0.15, 0.2) is 0 Å². The second kappa shape index (κ2) is 23.6. The molecule has 0 amide bonds. The van der Waals surface area contributed by atoms with Crippen LogP contribution >= 0.6 is 0 Å². The van der Waals surface area contributed by atoms with Gasteiger partial charge in [-0.1, -0.05) is 0 Å². The summed E-state index contributed by atoms with van der Waals surface area (Å²) in [6.45, 7) is 2.39. The Balaban J connectivity index is -0.0000000720. The topological polar surface area (TPSA) is 104 Å². The molecule has 0 saturated heterocycles. The van der Waals surface area contributed by atoms with E-state index in [0.717, 1.165) is 0 Å². The average Bonchev–Trinajstić information content (AvgIpc) is 1.88. The van der Waals surface area contributed by atoms with Crippen molar-refractivity contribution in [3.63, 3.8) is 0 Å². The van der Waals surface area contributed by atoms with Crippen molar-refractivity contribution < 1.29 is 21.1 Å². The molecule has 0 spiro atoms. The van der Waals surface area contributed by atoms with Gasteiger partial charge in [-0.15, -0.1) is 0 Å². The van der Waals surface area contributed by atoms with Gasteiger partial charge in [0.05, 0.1) is 0 Å². The maximum absolute atomic E-state index is 4.90. The van der Waals surface area contributed by atoms with Gasteiger partial charge in [0.2, 0.25) is 0 Å². The van der Waals surface area contributed by atoms with Crippen molar-refractivity contribution in [3.8, 4) is 0 Å². The van der Waals surface area contributed by atoms with Crippen LogP contribution in [0.5, 0.6) is 0 Å². The van der Waals surface area contributed by atoms with Gasteiger partial charge in [0.15, 0.2) is 0 Å². The fraction of sp³-hybridized carbons (Fsp3) is 1.00. The molecule has 0 fully saturated rings. The first kappa shape index (κ1) is 16.3. The Morgan fingerprint density at radius 1 is 0.556 bits per heavy atom. The summed E-state index contributed by atoms with van der Waals surface area (Å²) < 4.78 is 0. The van der Waals surface area contributed by atoms with Crippen LogP contribution in [0.2, 0.25) is 0 Å². The number of hydrogen-bond donors (Lipinski definition) is 4. The molecule has 0 rings (SSSR count). The van der Waals surface area contributed by atoms with Gasteiger partial charge in [0, 0.05) is 26.2 Å². The Bertz CT molecular complexity index is 20.5. The number of nitrogens with two attached hydrogens (primary N) is 4. The molecule has 4 nitrogen and oxygen atoms in total. The van der Waals surface area contributed by atoms with Crippen LogP contribution in [0.1, 0.15) is 0 Å². The summed E-state index contributed by atoms with van der Waals surface area (Å²) in [5, 5.41) is 0. The summed E-state index contributed by atoms with van der Waals surface area (Å²) >= 11 is 0. The third-order valence-corrected chi connectivity index (χ3v) is 0.333. The molecule has 0 aromatic rings. The molecule has 0 heterocycles. The van der Waals surface area contributed by atoms with E-state index in [1.807, 2.05) is 0 Å². The molecule has 0 aliphatic heterocycles. The van der Waals surface area contributed by atoms with E-state index in [0.29, 0.717) is 26.2 Å². The van der Waals surface area contributed by atoms with Gasteiger partial charge >= 0.3 is 21.1 Å². The zero-order valence-electron chi connectivity index (χ0n) is 5.45. The van der Waals surface area contributed by atoms with Gasteiger partial charge in [-0.2, -0.15) is 0 Å². The molecular formula is C4H16N4Pt+4. The van der Waals surface area contributed by atoms with Gasteiger partial charge < -0.3 is 22.9 Å². The van der Waals surface area contributed by atoms with Crippen LogP contribution in [0.3, 0.4) is 0 Å². The SMILES string of the molecule is NCCN.NCCN.[Pt+4]. The van der Waals surface area contributed by atoms with Gasteiger partial charge in [-0.05, 0) is 0 Å². The van der Waals surface area contributed by atoms with Crippen LogP contribution in [0.4, 0.5) is 0 Å². The molecule has 0 radical (unpaired) electrons. The van der Waals surface area contributed by atoms with E-state index in [2.05, 4.69) is 0 Å². The Morgan fingerprint density at radius 2 is 0.667 bits per heavy atom. The number of hydrogen-bond acceptors (Lipinski definition) is 4. The van der Waals surface area contributed by atoms with Crippen molar-refractivity contribution in [1.82, 2.24) is 0 Å². The molecule has 9 heavy (non-hydrogen) atoms. The summed E-state index contributed by atoms with van der Waals surface area (Å²) in [6, 6.07) is 0. The molecule has 58 valence electrons. The minimum Gasteiger partial charge on any atom is -0.329 e. The summed E-state index contributed by atoms with van der Waals surface area (Å²) in [5.41, 5.74) is 19.6. The second-order valence-electron chi connectivity index (χ2n) is 1.15. The van der Waals surface area contributed by atoms with Crippen LogP contribution in [-0.4, -0.2) is 26.2 Å². The summed E-state index contributed by atoms with van der Waals surface area (Å²) in [4.78, 5) is 0. The Hall–Kier alpha value is 0.528. The van der Waals surface area contributed by atoms with Crippen LogP contribution in [-0.2, 0) is 21.1 Å². The predicted molar refractivity (Wildman–Crippen MR) is 36.2 cm³/mol. The van der Waals surface area contributed by atoms with E-state index < -0.39 is 0 Å². The fourth-order valence-electron chi connectivity index (χ4n) is 0. The molecule has 0 aliphatic carbocycles. The van der Waals surface area contributed by atoms with Crippen molar-refractivity contribution >= 4 is 0 Å². The van der Waals surface area contributed by atoms with E-state index in [1.165, 1.54) is 0 Å². The van der Waals surface area contributed by atoms with Crippen molar-refractivity contribution in [2.45, 2.75) is 0 Å². The van der Waals surface area contributed by atoms with Crippen LogP contribution in [0, 0.1) is 0 Å². The summed E-state index contributed by atoms with van der Waals surface area (Å²) in [7, 11) is 0. The van der Waals surface area contributed by atoms with E-state index in [4.69, 9.17) is 22.9 Å². The monoisotopic (exact) mass is 315 g/mol. The fourth-order valence-corrected chi connectivity index (χ4v) is 0. The molecule has 0 bridgehead atoms. The standard InChI is InChI=1S/2C2H8N2.Pt/c2*3-1-2-4;/h2*1-4H2;/q;;+4. The van der Waals surface area contributed by atoms with E-state index in [-0.39, 0.29) is 21.1 Å². The van der Waals surface area contributed by atoms with Gasteiger partial charge in [0.1, 0.15) is 0 Å². The summed E-state index contributed by atoms with van der Waals surface area (Å²) in [5.74, 6) is 0. The first-order valence-electron chi connectivity index (χ1n) is 2.63. The smallest absolute Gasteiger partial charge is 0.329 e. The maximum atomic E-state index is 4.90. The molecule has 0 saturated carbocycles. The minimum atomic E-state index is 0. The Morgan fingerprint density at radius 3 is 0.667 bits per heavy atom. The Kier molecular flexibility index (Phi) is 42.6. The van der Waals surface area contributed by atoms with E-state index in [9.17, 15) is 0 Å². The molecule has 0 atom stereocenters. The van der Waals surface area contributed by atoms with Gasteiger partial charge in [-0.3, -0.25) is 0 Å². The van der Waals surface area contributed by atoms with Crippen molar-refractivity contribution in [2.24, 2.45) is 22.9 Å². The van der Waals surface area contributed by atoms with Gasteiger partial charge in [0.25, 0.3) is 0 Å². The average molecular weight is 315 g/mol. The molecule has 0 aromatic heterocycles. The van der Waals surface area contributed by atoms with Crippen molar-refractivity contribution in [3.05, 3.63) is 0 Å². The molecule has 8 N–H and O–H groups in total. The first-order chi connectivity index (χ1) is 3.83. The van der Waals surface area contributed by atoms with E-state index in [1.54, 1.807) is 0 Å². The quantitative estimate of drug-likeness (QED) is 0.464. The molecule has 0 unspecified atom stereocenters. The second-order valence-corrected chi connectivity index (χ2v) is 1.15. The molecule has 0 aromatic carbocycles. The largest absolute Gasteiger partial charge is 4.00 e. The van der Waals surface area contributed by atoms with Crippen molar-refractivity contribution in [2.75, 3.05) is 26.2 Å². The number of rotatable bonds is 2. The third-order valence-electron chi connectivity index (χ3n) is 0.333. The summed E-state index contributed by atoms with van der Waals surface area (Å²) in [6.07, 6.45) is 0. The first-order valence-corrected chi connectivity index (χ1v) is 2.63. The minimum absolute atomic E-state index is 0. The normalized spacial score (nSPS) is 6.67. The zero-order chi connectivity index (χ0) is 6.83. The van der Waals surface area contributed by atoms with E-state index >= 15 is 0 Å². The van der Waals surface area contributed by atoms with Crippen LogP contribution < -0.4 is 22.9 Å². The third kappa shape index (κ3) is 56.9. The van der Waals surface area contributed by atoms with Gasteiger partial charge in [-0.25, -0.2) is 0 Å². The van der Waals surface area contributed by atoms with Crippen LogP contribution in [0.25, 0.3) is 0 Å². The molecule has 0 aliphatic rings. The molecular weight excluding hydrogens is 299 g/mol. The molecule has 5 heteroatoms. The Labute approximate surface area is 70.6 Å².